The lowest BCUT2D eigenvalue weighted by atomic mass is 10.2. The van der Waals surface area contributed by atoms with Gasteiger partial charge in [0.2, 0.25) is 0 Å². The summed E-state index contributed by atoms with van der Waals surface area (Å²) in [6.45, 7) is 6.93. The molecule has 0 aliphatic carbocycles. The largest absolute Gasteiger partial charge is 0.372 e. The molecule has 0 atom stereocenters. The molecule has 0 unspecified atom stereocenters. The van der Waals surface area contributed by atoms with Crippen LogP contribution < -0.4 is 10.3 Å². The molecule has 0 aromatic heterocycles. The van der Waals surface area contributed by atoms with E-state index < -0.39 is 0 Å². The van der Waals surface area contributed by atoms with Gasteiger partial charge in [0.1, 0.15) is 0 Å². The first kappa shape index (κ1) is 13.5. The first-order valence-corrected chi connectivity index (χ1v) is 6.64. The van der Waals surface area contributed by atoms with E-state index in [0.717, 1.165) is 24.5 Å². The number of rotatable bonds is 4. The van der Waals surface area contributed by atoms with Gasteiger partial charge in [0.15, 0.2) is 5.84 Å². The van der Waals surface area contributed by atoms with Crippen LogP contribution in [-0.4, -0.2) is 43.2 Å². The van der Waals surface area contributed by atoms with E-state index in [1.165, 1.54) is 5.69 Å². The monoisotopic (exact) mass is 259 g/mol. The predicted octanol–water partition coefficient (Wildman–Crippen LogP) is 2.03. The molecule has 0 radical (unpaired) electrons. The third-order valence-electron chi connectivity index (χ3n) is 3.33. The van der Waals surface area contributed by atoms with Gasteiger partial charge in [0.05, 0.1) is 17.9 Å². The van der Waals surface area contributed by atoms with Crippen LogP contribution >= 0.6 is 0 Å². The van der Waals surface area contributed by atoms with E-state index >= 15 is 0 Å². The zero-order valence-corrected chi connectivity index (χ0v) is 11.8. The van der Waals surface area contributed by atoms with Gasteiger partial charge in [0, 0.05) is 25.8 Å². The molecule has 1 aromatic rings. The van der Waals surface area contributed by atoms with E-state index in [1.54, 1.807) is 5.01 Å². The molecule has 1 aromatic carbocycles. The van der Waals surface area contributed by atoms with E-state index in [1.807, 2.05) is 19.2 Å². The highest BCUT2D eigenvalue weighted by molar-refractivity contribution is 6.42. The second-order valence-corrected chi connectivity index (χ2v) is 4.49. The Morgan fingerprint density at radius 1 is 1.26 bits per heavy atom. The first-order valence-electron chi connectivity index (χ1n) is 6.64. The van der Waals surface area contributed by atoms with E-state index in [0.29, 0.717) is 12.4 Å². The molecule has 1 heterocycles. The maximum atomic E-state index is 7.86. The summed E-state index contributed by atoms with van der Waals surface area (Å²) in [5.74, 6) is 0.438. The zero-order chi connectivity index (χ0) is 13.8. The van der Waals surface area contributed by atoms with Crippen LogP contribution in [-0.2, 0) is 0 Å². The summed E-state index contributed by atoms with van der Waals surface area (Å²) < 4.78 is 0. The van der Waals surface area contributed by atoms with Crippen molar-refractivity contribution < 1.29 is 0 Å². The number of hydrogen-bond acceptors (Lipinski definition) is 4. The maximum Gasteiger partial charge on any atom is 0.158 e. The van der Waals surface area contributed by atoms with Gasteiger partial charge in [-0.1, -0.05) is 0 Å². The lowest BCUT2D eigenvalue weighted by molar-refractivity contribution is 0.419. The van der Waals surface area contributed by atoms with Crippen molar-refractivity contribution in [2.24, 2.45) is 4.99 Å². The Morgan fingerprint density at radius 2 is 1.89 bits per heavy atom. The van der Waals surface area contributed by atoms with Crippen molar-refractivity contribution in [3.63, 3.8) is 0 Å². The average Bonchev–Trinajstić information content (AvgIpc) is 2.74. The highest BCUT2D eigenvalue weighted by atomic mass is 15.5. The van der Waals surface area contributed by atoms with Crippen LogP contribution in [0.15, 0.2) is 29.3 Å². The van der Waals surface area contributed by atoms with Crippen LogP contribution in [0.3, 0.4) is 0 Å². The Labute approximate surface area is 114 Å². The van der Waals surface area contributed by atoms with Crippen LogP contribution in [0.2, 0.25) is 0 Å². The number of amidine groups is 1. The second kappa shape index (κ2) is 5.84. The van der Waals surface area contributed by atoms with Crippen molar-refractivity contribution in [2.45, 2.75) is 13.8 Å². The molecule has 1 saturated heterocycles. The predicted molar refractivity (Wildman–Crippen MR) is 80.6 cm³/mol. The Hall–Kier alpha value is -1.88. The molecule has 0 amide bonds. The lowest BCUT2D eigenvalue weighted by Crippen LogP contribution is -2.29. The molecule has 5 nitrogen and oxygen atoms in total. The molecular weight excluding hydrogens is 238 g/mol. The Kier molecular flexibility index (Phi) is 4.16. The van der Waals surface area contributed by atoms with Gasteiger partial charge in [-0.15, -0.1) is 0 Å². The van der Waals surface area contributed by atoms with Gasteiger partial charge >= 0.3 is 0 Å². The van der Waals surface area contributed by atoms with Crippen molar-refractivity contribution in [1.82, 2.24) is 10.4 Å². The van der Waals surface area contributed by atoms with Crippen LogP contribution in [0, 0.1) is 5.41 Å². The summed E-state index contributed by atoms with van der Waals surface area (Å²) >= 11 is 0. The van der Waals surface area contributed by atoms with Gasteiger partial charge in [-0.25, -0.2) is 10.4 Å². The number of anilines is 1. The number of nitrogens with zero attached hydrogens (tertiary/aromatic N) is 3. The highest BCUT2D eigenvalue weighted by Crippen LogP contribution is 2.20. The van der Waals surface area contributed by atoms with Crippen LogP contribution in [0.25, 0.3) is 0 Å². The fourth-order valence-corrected chi connectivity index (χ4v) is 2.12. The van der Waals surface area contributed by atoms with Gasteiger partial charge in [-0.3, -0.25) is 10.4 Å². The third kappa shape index (κ3) is 2.93. The number of aliphatic imine (C=N–C) groups is 1. The topological polar surface area (TPSA) is 54.7 Å². The number of hydrazine groups is 1. The van der Waals surface area contributed by atoms with Crippen LogP contribution in [0.1, 0.15) is 13.8 Å². The van der Waals surface area contributed by atoms with Crippen molar-refractivity contribution in [2.75, 3.05) is 31.6 Å². The molecule has 2 N–H and O–H groups in total. The molecule has 0 bridgehead atoms. The Bertz CT molecular complexity index is 473. The smallest absolute Gasteiger partial charge is 0.158 e. The zero-order valence-electron chi connectivity index (χ0n) is 11.8. The summed E-state index contributed by atoms with van der Waals surface area (Å²) in [4.78, 5) is 6.81. The summed E-state index contributed by atoms with van der Waals surface area (Å²) in [5, 5.41) is 9.54. The molecule has 102 valence electrons. The van der Waals surface area contributed by atoms with Crippen LogP contribution in [0.4, 0.5) is 11.4 Å². The number of nitrogens with one attached hydrogen (secondary N) is 2. The lowest BCUT2D eigenvalue weighted by Gasteiger charge is -2.20. The molecule has 5 heteroatoms. The van der Waals surface area contributed by atoms with Crippen molar-refractivity contribution in [3.05, 3.63) is 24.3 Å². The minimum Gasteiger partial charge on any atom is -0.372 e. The van der Waals surface area contributed by atoms with E-state index in [-0.39, 0.29) is 0 Å². The van der Waals surface area contributed by atoms with Crippen molar-refractivity contribution >= 4 is 22.9 Å². The second-order valence-electron chi connectivity index (χ2n) is 4.49. The molecule has 0 saturated carbocycles. The molecule has 1 aliphatic rings. The van der Waals surface area contributed by atoms with Gasteiger partial charge < -0.3 is 4.90 Å². The standard InChI is InChI=1S/C14H21N5/c1-4-19(5-2)12-8-6-11(7-9-12)17-13-10-16-18(3)14(13)15/h6-9,15-16H,4-5,10H2,1-3H3. The number of hydrogen-bond donors (Lipinski definition) is 2. The van der Waals surface area contributed by atoms with Crippen molar-refractivity contribution in [1.29, 1.82) is 5.41 Å². The summed E-state index contributed by atoms with van der Waals surface area (Å²) in [6.07, 6.45) is 0. The SMILES string of the molecule is CCN(CC)c1ccc(N=C2CNN(C)C2=N)cc1. The van der Waals surface area contributed by atoms with Gasteiger partial charge in [-0.05, 0) is 38.1 Å². The highest BCUT2D eigenvalue weighted by Gasteiger charge is 2.19. The quantitative estimate of drug-likeness (QED) is 0.870. The average molecular weight is 259 g/mol. The summed E-state index contributed by atoms with van der Waals surface area (Å²) in [5.41, 5.74) is 5.94. The third-order valence-corrected chi connectivity index (χ3v) is 3.33. The molecular formula is C14H21N5. The fraction of sp³-hybridized carbons (Fsp3) is 0.429. The number of benzene rings is 1. The minimum absolute atomic E-state index is 0.438. The summed E-state index contributed by atoms with van der Waals surface area (Å²) in [7, 11) is 1.83. The van der Waals surface area contributed by atoms with E-state index in [9.17, 15) is 0 Å². The molecule has 1 fully saturated rings. The fourth-order valence-electron chi connectivity index (χ4n) is 2.12. The first-order chi connectivity index (χ1) is 9.15. The van der Waals surface area contributed by atoms with Crippen molar-refractivity contribution in [3.8, 4) is 0 Å². The van der Waals surface area contributed by atoms with Gasteiger partial charge in [-0.2, -0.15) is 0 Å². The Morgan fingerprint density at radius 3 is 2.37 bits per heavy atom. The normalized spacial score (nSPS) is 17.3. The molecule has 2 rings (SSSR count). The summed E-state index contributed by atoms with van der Waals surface area (Å²) in [6, 6.07) is 8.18. The van der Waals surface area contributed by atoms with Crippen LogP contribution in [0.5, 0.6) is 0 Å². The molecule has 19 heavy (non-hydrogen) atoms. The maximum absolute atomic E-state index is 7.86. The van der Waals surface area contributed by atoms with E-state index in [2.05, 4.69) is 41.3 Å². The molecule has 1 aliphatic heterocycles. The Balaban J connectivity index is 2.15. The molecule has 0 spiro atoms. The minimum atomic E-state index is 0.438. The van der Waals surface area contributed by atoms with Gasteiger partial charge in [0.25, 0.3) is 0 Å². The van der Waals surface area contributed by atoms with E-state index in [4.69, 9.17) is 5.41 Å².